The Morgan fingerprint density at radius 3 is 2.47 bits per heavy atom. The topological polar surface area (TPSA) is 21.3 Å². The fourth-order valence-corrected chi connectivity index (χ4v) is 2.87. The normalized spacial score (nSPS) is 20.6. The van der Waals surface area contributed by atoms with E-state index in [-0.39, 0.29) is 17.8 Å². The van der Waals surface area contributed by atoms with Crippen molar-refractivity contribution in [2.24, 2.45) is 0 Å². The fraction of sp³-hybridized carbons (Fsp3) is 0.538. The lowest BCUT2D eigenvalue weighted by molar-refractivity contribution is -0.137. The number of benzene rings is 1. The van der Waals surface area contributed by atoms with Crippen LogP contribution in [0.3, 0.4) is 0 Å². The second kappa shape index (κ2) is 4.87. The van der Waals surface area contributed by atoms with E-state index in [4.69, 9.17) is 4.74 Å². The lowest BCUT2D eigenvalue weighted by Crippen LogP contribution is -2.40. The lowest BCUT2D eigenvalue weighted by atomic mass is 9.75. The molecule has 2 nitrogen and oxygen atoms in total. The van der Waals surface area contributed by atoms with Gasteiger partial charge in [0.15, 0.2) is 0 Å². The van der Waals surface area contributed by atoms with Crippen LogP contribution in [0, 0.1) is 0 Å². The van der Waals surface area contributed by atoms with Crippen LogP contribution in [0.4, 0.5) is 13.2 Å². The number of hydrogen-bond acceptors (Lipinski definition) is 2. The number of hydrogen-bond donors (Lipinski definition) is 1. The smallest absolute Gasteiger partial charge is 0.416 e. The van der Waals surface area contributed by atoms with Gasteiger partial charge in [-0.1, -0.05) is 6.07 Å². The van der Waals surface area contributed by atoms with Crippen LogP contribution < -0.4 is 10.1 Å². The average Bonchev–Trinajstić information content (AvgIpc) is 2.68. The molecule has 0 bridgehead atoms. The van der Waals surface area contributed by atoms with Crippen molar-refractivity contribution >= 4 is 12.4 Å². The van der Waals surface area contributed by atoms with Gasteiger partial charge in [-0.2, -0.15) is 13.2 Å². The van der Waals surface area contributed by atoms with E-state index >= 15 is 0 Å². The second-order valence-corrected chi connectivity index (χ2v) is 5.03. The number of fused-ring (bicyclic) bond motifs is 2. The highest BCUT2D eigenvalue weighted by atomic mass is 35.5. The summed E-state index contributed by atoms with van der Waals surface area (Å²) in [6.45, 7) is 2.29. The molecule has 1 aromatic rings. The Morgan fingerprint density at radius 2 is 1.84 bits per heavy atom. The van der Waals surface area contributed by atoms with Gasteiger partial charge >= 0.3 is 6.18 Å². The predicted octanol–water partition coefficient (Wildman–Crippen LogP) is 3.14. The SMILES string of the molecule is Cl.FC(F)(F)c1ccc2c(c1)OCC21CCNCC1. The van der Waals surface area contributed by atoms with Gasteiger partial charge in [0, 0.05) is 11.0 Å². The maximum Gasteiger partial charge on any atom is 0.416 e. The Labute approximate surface area is 115 Å². The number of halogens is 4. The maximum absolute atomic E-state index is 12.6. The molecule has 2 aliphatic heterocycles. The molecule has 0 radical (unpaired) electrons. The number of ether oxygens (including phenoxy) is 1. The van der Waals surface area contributed by atoms with Gasteiger partial charge in [-0.15, -0.1) is 12.4 Å². The Hall–Kier alpha value is -0.940. The molecular formula is C13H15ClF3NO. The summed E-state index contributed by atoms with van der Waals surface area (Å²) in [6.07, 6.45) is -2.46. The summed E-state index contributed by atoms with van der Waals surface area (Å²) < 4.78 is 43.4. The van der Waals surface area contributed by atoms with Crippen LogP contribution >= 0.6 is 12.4 Å². The molecule has 0 saturated carbocycles. The third-order valence-electron chi connectivity index (χ3n) is 3.94. The molecular weight excluding hydrogens is 279 g/mol. The highest BCUT2D eigenvalue weighted by Crippen LogP contribution is 2.46. The van der Waals surface area contributed by atoms with Gasteiger partial charge in [-0.05, 0) is 38.1 Å². The molecule has 3 rings (SSSR count). The quantitative estimate of drug-likeness (QED) is 0.793. The molecule has 1 aromatic carbocycles. The van der Waals surface area contributed by atoms with Crippen LogP contribution in [0.25, 0.3) is 0 Å². The summed E-state index contributed by atoms with van der Waals surface area (Å²) in [6, 6.07) is 3.89. The first kappa shape index (κ1) is 14.5. The Balaban J connectivity index is 0.00000133. The molecule has 1 N–H and O–H groups in total. The minimum absolute atomic E-state index is 0. The van der Waals surface area contributed by atoms with Crippen molar-refractivity contribution in [3.8, 4) is 5.75 Å². The lowest BCUT2D eigenvalue weighted by Gasteiger charge is -2.32. The van der Waals surface area contributed by atoms with Crippen molar-refractivity contribution in [2.45, 2.75) is 24.4 Å². The van der Waals surface area contributed by atoms with Gasteiger partial charge in [0.05, 0.1) is 12.2 Å². The Bertz CT molecular complexity index is 469. The van der Waals surface area contributed by atoms with Gasteiger partial charge in [-0.25, -0.2) is 0 Å². The number of nitrogens with one attached hydrogen (secondary N) is 1. The van der Waals surface area contributed by atoms with E-state index < -0.39 is 11.7 Å². The minimum Gasteiger partial charge on any atom is -0.492 e. The summed E-state index contributed by atoms with van der Waals surface area (Å²) >= 11 is 0. The zero-order valence-corrected chi connectivity index (χ0v) is 11.0. The molecule has 2 aliphatic rings. The molecule has 0 amide bonds. The molecule has 2 heterocycles. The molecule has 0 aliphatic carbocycles. The zero-order valence-electron chi connectivity index (χ0n) is 10.2. The number of alkyl halides is 3. The first-order valence-corrected chi connectivity index (χ1v) is 6.07. The van der Waals surface area contributed by atoms with Crippen molar-refractivity contribution in [2.75, 3.05) is 19.7 Å². The maximum atomic E-state index is 12.6. The predicted molar refractivity (Wildman–Crippen MR) is 68.0 cm³/mol. The third-order valence-corrected chi connectivity index (χ3v) is 3.94. The van der Waals surface area contributed by atoms with Crippen molar-refractivity contribution in [1.29, 1.82) is 0 Å². The summed E-state index contributed by atoms with van der Waals surface area (Å²) in [5, 5.41) is 3.27. The second-order valence-electron chi connectivity index (χ2n) is 5.03. The molecule has 19 heavy (non-hydrogen) atoms. The molecule has 0 aromatic heterocycles. The van der Waals surface area contributed by atoms with Crippen LogP contribution in [0.1, 0.15) is 24.0 Å². The molecule has 1 saturated heterocycles. The average molecular weight is 294 g/mol. The summed E-state index contributed by atoms with van der Waals surface area (Å²) in [5.74, 6) is 0.409. The molecule has 1 fully saturated rings. The monoisotopic (exact) mass is 293 g/mol. The number of rotatable bonds is 0. The molecule has 6 heteroatoms. The largest absolute Gasteiger partial charge is 0.492 e. The molecule has 0 unspecified atom stereocenters. The van der Waals surface area contributed by atoms with Gasteiger partial charge < -0.3 is 10.1 Å². The summed E-state index contributed by atoms with van der Waals surface area (Å²) in [5.41, 5.74) is 0.231. The molecule has 1 spiro atoms. The Morgan fingerprint density at radius 1 is 1.16 bits per heavy atom. The highest BCUT2D eigenvalue weighted by molar-refractivity contribution is 5.85. The highest BCUT2D eigenvalue weighted by Gasteiger charge is 2.42. The minimum atomic E-state index is -4.30. The van der Waals surface area contributed by atoms with Crippen LogP contribution in [-0.4, -0.2) is 19.7 Å². The van der Waals surface area contributed by atoms with E-state index in [0.717, 1.165) is 43.6 Å². The van der Waals surface area contributed by atoms with Crippen LogP contribution in [-0.2, 0) is 11.6 Å². The van der Waals surface area contributed by atoms with Gasteiger partial charge in [0.1, 0.15) is 5.75 Å². The van der Waals surface area contributed by atoms with Crippen LogP contribution in [0.2, 0.25) is 0 Å². The summed E-state index contributed by atoms with van der Waals surface area (Å²) in [4.78, 5) is 0. The van der Waals surface area contributed by atoms with Crippen molar-refractivity contribution in [3.05, 3.63) is 29.3 Å². The van der Waals surface area contributed by atoms with E-state index in [2.05, 4.69) is 5.32 Å². The van der Waals surface area contributed by atoms with Crippen molar-refractivity contribution in [3.63, 3.8) is 0 Å². The van der Waals surface area contributed by atoms with E-state index in [1.807, 2.05) is 0 Å². The Kier molecular flexibility index (Phi) is 3.71. The van der Waals surface area contributed by atoms with Gasteiger partial charge in [0.25, 0.3) is 0 Å². The van der Waals surface area contributed by atoms with E-state index in [0.29, 0.717) is 12.4 Å². The van der Waals surface area contributed by atoms with Crippen molar-refractivity contribution in [1.82, 2.24) is 5.32 Å². The van der Waals surface area contributed by atoms with E-state index in [1.165, 1.54) is 0 Å². The fourth-order valence-electron chi connectivity index (χ4n) is 2.87. The van der Waals surface area contributed by atoms with Crippen LogP contribution in [0.5, 0.6) is 5.75 Å². The van der Waals surface area contributed by atoms with Gasteiger partial charge in [0.2, 0.25) is 0 Å². The van der Waals surface area contributed by atoms with Gasteiger partial charge in [-0.3, -0.25) is 0 Å². The first-order valence-electron chi connectivity index (χ1n) is 6.07. The standard InChI is InChI=1S/C13H14F3NO.ClH/c14-13(15,16)9-1-2-10-11(7-9)18-8-12(10)3-5-17-6-4-12;/h1-2,7,17H,3-6,8H2;1H. The molecule has 0 atom stereocenters. The van der Waals surface area contributed by atoms with Crippen molar-refractivity contribution < 1.29 is 17.9 Å². The summed E-state index contributed by atoms with van der Waals surface area (Å²) in [7, 11) is 0. The zero-order chi connectivity index (χ0) is 12.8. The number of piperidine rings is 1. The van der Waals surface area contributed by atoms with E-state index in [9.17, 15) is 13.2 Å². The first-order chi connectivity index (χ1) is 8.51. The van der Waals surface area contributed by atoms with Crippen LogP contribution in [0.15, 0.2) is 18.2 Å². The van der Waals surface area contributed by atoms with E-state index in [1.54, 1.807) is 6.07 Å². The molecule has 106 valence electrons. The third kappa shape index (κ3) is 2.41.